The Labute approximate surface area is 128 Å². The van der Waals surface area contributed by atoms with Gasteiger partial charge < -0.3 is 9.64 Å². The smallest absolute Gasteiger partial charge is 0.435 e. The van der Waals surface area contributed by atoms with E-state index < -0.39 is 11.0 Å². The highest BCUT2D eigenvalue weighted by atomic mass is 16.6. The number of nitrogens with zero attached hydrogens (tertiary/aromatic N) is 3. The summed E-state index contributed by atoms with van der Waals surface area (Å²) in [6.07, 6.45) is 4.07. The molecule has 0 saturated carbocycles. The van der Waals surface area contributed by atoms with E-state index in [1.807, 2.05) is 11.8 Å². The van der Waals surface area contributed by atoms with Crippen LogP contribution in [0.3, 0.4) is 0 Å². The van der Waals surface area contributed by atoms with Gasteiger partial charge in [-0.2, -0.15) is 4.99 Å². The lowest BCUT2D eigenvalue weighted by molar-refractivity contribution is -0.384. The van der Waals surface area contributed by atoms with Crippen molar-refractivity contribution >= 4 is 18.1 Å². The Morgan fingerprint density at radius 2 is 2.23 bits per heavy atom. The molecule has 0 aromatic heterocycles. The molecular formula is C15H18N3O4. The predicted octanol–water partition coefficient (Wildman–Crippen LogP) is 2.81. The monoisotopic (exact) mass is 304 g/mol. The Balaban J connectivity index is 1.76. The van der Waals surface area contributed by atoms with Crippen molar-refractivity contribution in [2.75, 3.05) is 13.1 Å². The Morgan fingerprint density at radius 3 is 2.82 bits per heavy atom. The number of carbonyl (C=O) groups excluding carboxylic acids is 1. The molecule has 0 aliphatic carbocycles. The van der Waals surface area contributed by atoms with Gasteiger partial charge in [0.15, 0.2) is 0 Å². The first-order chi connectivity index (χ1) is 10.6. The Bertz CT molecular complexity index is 556. The third kappa shape index (κ3) is 4.54. The van der Waals surface area contributed by atoms with Gasteiger partial charge in [0.05, 0.1) is 11.3 Å². The van der Waals surface area contributed by atoms with Gasteiger partial charge in [-0.15, -0.1) is 0 Å². The van der Waals surface area contributed by atoms with E-state index in [0.29, 0.717) is 11.5 Å². The molecule has 1 heterocycles. The van der Waals surface area contributed by atoms with Gasteiger partial charge in [0.25, 0.3) is 5.69 Å². The van der Waals surface area contributed by atoms with E-state index in [1.165, 1.54) is 18.5 Å². The van der Waals surface area contributed by atoms with Crippen molar-refractivity contribution in [1.82, 2.24) is 4.90 Å². The van der Waals surface area contributed by atoms with E-state index in [-0.39, 0.29) is 12.3 Å². The quantitative estimate of drug-likeness (QED) is 0.361. The fourth-order valence-electron chi connectivity index (χ4n) is 2.22. The van der Waals surface area contributed by atoms with Crippen LogP contribution in [0.1, 0.15) is 18.9 Å². The summed E-state index contributed by atoms with van der Waals surface area (Å²) in [7, 11) is 0. The Hall–Kier alpha value is -2.44. The predicted molar refractivity (Wildman–Crippen MR) is 81.4 cm³/mol. The average Bonchev–Trinajstić information content (AvgIpc) is 2.99. The number of hydrogen-bond donors (Lipinski definition) is 0. The highest BCUT2D eigenvalue weighted by Crippen LogP contribution is 2.16. The number of amides is 1. The van der Waals surface area contributed by atoms with E-state index in [2.05, 4.69) is 11.4 Å². The Kier molecular flexibility index (Phi) is 5.46. The number of non-ortho nitro benzene ring substituents is 1. The number of rotatable bonds is 5. The van der Waals surface area contributed by atoms with Gasteiger partial charge in [0.2, 0.25) is 0 Å². The summed E-state index contributed by atoms with van der Waals surface area (Å²) in [6, 6.07) is 5.85. The third-order valence-electron chi connectivity index (χ3n) is 3.56. The van der Waals surface area contributed by atoms with E-state index >= 15 is 0 Å². The zero-order valence-electron chi connectivity index (χ0n) is 12.3. The molecule has 2 rings (SSSR count). The largest absolute Gasteiger partial charge is 0.443 e. The molecule has 0 bridgehead atoms. The minimum Gasteiger partial charge on any atom is -0.443 e. The summed E-state index contributed by atoms with van der Waals surface area (Å²) in [5.41, 5.74) is 0.681. The fourth-order valence-corrected chi connectivity index (χ4v) is 2.22. The number of carbonyl (C=O) groups is 1. The van der Waals surface area contributed by atoms with Crippen LogP contribution < -0.4 is 0 Å². The molecule has 117 valence electrons. The summed E-state index contributed by atoms with van der Waals surface area (Å²) in [5, 5.41) is 10.5. The summed E-state index contributed by atoms with van der Waals surface area (Å²) in [6.45, 7) is 3.83. The molecule has 1 fully saturated rings. The Morgan fingerprint density at radius 1 is 1.50 bits per heavy atom. The van der Waals surface area contributed by atoms with Gasteiger partial charge in [-0.05, 0) is 36.5 Å². The third-order valence-corrected chi connectivity index (χ3v) is 3.56. The number of nitro groups is 1. The number of benzene rings is 1. The van der Waals surface area contributed by atoms with Crippen LogP contribution >= 0.6 is 0 Å². The van der Waals surface area contributed by atoms with Crippen LogP contribution in [0.5, 0.6) is 0 Å². The molecule has 1 unspecified atom stereocenters. The maximum atomic E-state index is 11.5. The summed E-state index contributed by atoms with van der Waals surface area (Å²) >= 11 is 0. The topological polar surface area (TPSA) is 85.0 Å². The molecule has 1 aliphatic heterocycles. The molecule has 1 aliphatic rings. The van der Waals surface area contributed by atoms with Crippen LogP contribution in [0, 0.1) is 22.5 Å². The maximum Gasteiger partial charge on any atom is 0.435 e. The molecule has 1 atom stereocenters. The molecule has 22 heavy (non-hydrogen) atoms. The fraction of sp³-hybridized carbons (Fsp3) is 0.400. The zero-order valence-corrected chi connectivity index (χ0v) is 12.3. The van der Waals surface area contributed by atoms with Crippen molar-refractivity contribution in [3.8, 4) is 0 Å². The van der Waals surface area contributed by atoms with Crippen molar-refractivity contribution in [1.29, 1.82) is 0 Å². The highest BCUT2D eigenvalue weighted by Gasteiger charge is 2.18. The van der Waals surface area contributed by atoms with E-state index in [9.17, 15) is 14.9 Å². The van der Waals surface area contributed by atoms with Gasteiger partial charge >= 0.3 is 6.09 Å². The second-order valence-electron chi connectivity index (χ2n) is 5.10. The minimum absolute atomic E-state index is 0.00409. The molecule has 0 N–H and O–H groups in total. The lowest BCUT2D eigenvalue weighted by Gasteiger charge is -2.10. The van der Waals surface area contributed by atoms with Gasteiger partial charge in [0.1, 0.15) is 6.61 Å². The number of aliphatic imine (C=N–C) groups is 1. The van der Waals surface area contributed by atoms with E-state index in [0.717, 1.165) is 19.5 Å². The second-order valence-corrected chi connectivity index (χ2v) is 5.10. The average molecular weight is 304 g/mol. The maximum absolute atomic E-state index is 11.5. The van der Waals surface area contributed by atoms with Crippen molar-refractivity contribution < 1.29 is 14.5 Å². The van der Waals surface area contributed by atoms with E-state index in [4.69, 9.17) is 4.74 Å². The van der Waals surface area contributed by atoms with Crippen LogP contribution in [-0.4, -0.2) is 35.3 Å². The molecule has 0 spiro atoms. The molecule has 1 radical (unpaired) electrons. The minimum atomic E-state index is -0.665. The zero-order chi connectivity index (χ0) is 15.9. The molecule has 1 aromatic rings. The summed E-state index contributed by atoms with van der Waals surface area (Å²) in [5.74, 6) is 0.544. The van der Waals surface area contributed by atoms with Gasteiger partial charge in [-0.1, -0.05) is 6.92 Å². The van der Waals surface area contributed by atoms with E-state index in [1.54, 1.807) is 12.1 Å². The first-order valence-corrected chi connectivity index (χ1v) is 7.06. The summed E-state index contributed by atoms with van der Waals surface area (Å²) in [4.78, 5) is 27.3. The lowest BCUT2D eigenvalue weighted by Crippen LogP contribution is -2.19. The number of nitro benzene ring substituents is 1. The lowest BCUT2D eigenvalue weighted by atomic mass is 10.1. The molecule has 7 heteroatoms. The van der Waals surface area contributed by atoms with Gasteiger partial charge in [0, 0.05) is 25.2 Å². The van der Waals surface area contributed by atoms with Crippen molar-refractivity contribution in [2.24, 2.45) is 10.9 Å². The van der Waals surface area contributed by atoms with Crippen LogP contribution in [0.2, 0.25) is 0 Å². The first kappa shape index (κ1) is 15.9. The van der Waals surface area contributed by atoms with Gasteiger partial charge in [-0.25, -0.2) is 4.79 Å². The van der Waals surface area contributed by atoms with Crippen LogP contribution in [0.4, 0.5) is 10.5 Å². The molecule has 1 amide bonds. The van der Waals surface area contributed by atoms with Gasteiger partial charge in [-0.3, -0.25) is 10.1 Å². The van der Waals surface area contributed by atoms with Crippen molar-refractivity contribution in [3.63, 3.8) is 0 Å². The second kappa shape index (κ2) is 7.53. The van der Waals surface area contributed by atoms with Crippen LogP contribution in [0.15, 0.2) is 29.3 Å². The van der Waals surface area contributed by atoms with Crippen molar-refractivity contribution in [3.05, 3.63) is 46.4 Å². The standard InChI is InChI=1S/C15H18N3O4/c1-2-12-7-8-17(9-12)11-16-15(19)22-10-13-3-5-14(6-4-13)18(20)21/h2-6,11-12H,7-10H2,1H3/b16-11-. The number of likely N-dealkylation sites (tertiary alicyclic amines) is 1. The number of ether oxygens (including phenoxy) is 1. The summed E-state index contributed by atoms with van der Waals surface area (Å²) < 4.78 is 5.00. The normalized spacial score (nSPS) is 17.9. The van der Waals surface area contributed by atoms with Crippen LogP contribution in [0.25, 0.3) is 0 Å². The molecule has 7 nitrogen and oxygen atoms in total. The molecule has 1 saturated heterocycles. The van der Waals surface area contributed by atoms with Crippen LogP contribution in [-0.2, 0) is 11.3 Å². The number of hydrogen-bond acceptors (Lipinski definition) is 4. The highest BCUT2D eigenvalue weighted by molar-refractivity contribution is 5.78. The molecular weight excluding hydrogens is 286 g/mol. The van der Waals surface area contributed by atoms with Crippen molar-refractivity contribution in [2.45, 2.75) is 20.0 Å². The first-order valence-electron chi connectivity index (χ1n) is 7.06. The molecule has 1 aromatic carbocycles. The SMILES string of the molecule is C[CH]C1CCN(/C=N\C(=O)OCc2ccc([N+](=O)[O-])cc2)C1.